The number of aryl methyl sites for hydroxylation is 2. The molecule has 1 amide bonds. The summed E-state index contributed by atoms with van der Waals surface area (Å²) in [5, 5.41) is 21.4. The molecular weight excluding hydrogens is 398 g/mol. The molecule has 0 radical (unpaired) electrons. The summed E-state index contributed by atoms with van der Waals surface area (Å²) in [7, 11) is 1.27. The van der Waals surface area contributed by atoms with Gasteiger partial charge >= 0.3 is 5.97 Å². The molecular formula is C22H23N5O4. The van der Waals surface area contributed by atoms with Gasteiger partial charge in [0.25, 0.3) is 5.91 Å². The van der Waals surface area contributed by atoms with E-state index >= 15 is 0 Å². The maximum absolute atomic E-state index is 12.8. The molecule has 0 saturated carbocycles. The second-order valence-corrected chi connectivity index (χ2v) is 7.40. The number of ether oxygens (including phenoxy) is 1. The van der Waals surface area contributed by atoms with Gasteiger partial charge in [-0.3, -0.25) is 4.79 Å². The largest absolute Gasteiger partial charge is 0.466 e. The Balaban J connectivity index is 1.70. The van der Waals surface area contributed by atoms with Crippen molar-refractivity contribution in [1.82, 2.24) is 19.9 Å². The zero-order valence-corrected chi connectivity index (χ0v) is 17.5. The molecule has 31 heavy (non-hydrogen) atoms. The van der Waals surface area contributed by atoms with Gasteiger partial charge in [-0.1, -0.05) is 17.7 Å². The lowest BCUT2D eigenvalue weighted by Gasteiger charge is -2.15. The van der Waals surface area contributed by atoms with E-state index in [1.54, 1.807) is 10.9 Å². The van der Waals surface area contributed by atoms with Crippen LogP contribution >= 0.6 is 0 Å². The number of esters is 1. The van der Waals surface area contributed by atoms with Crippen molar-refractivity contribution >= 4 is 28.6 Å². The first-order chi connectivity index (χ1) is 14.9. The number of aliphatic hydroxyl groups excluding tert-OH is 1. The van der Waals surface area contributed by atoms with E-state index in [0.29, 0.717) is 16.7 Å². The molecule has 0 saturated heterocycles. The lowest BCUT2D eigenvalue weighted by Crippen LogP contribution is -2.31. The van der Waals surface area contributed by atoms with Crippen LogP contribution in [0.25, 0.3) is 16.7 Å². The third kappa shape index (κ3) is 3.87. The van der Waals surface area contributed by atoms with Crippen LogP contribution in [0.3, 0.4) is 0 Å². The Kier molecular flexibility index (Phi) is 5.43. The summed E-state index contributed by atoms with van der Waals surface area (Å²) in [6.07, 6.45) is 0. The highest BCUT2D eigenvalue weighted by Gasteiger charge is 2.34. The van der Waals surface area contributed by atoms with Gasteiger partial charge in [0.1, 0.15) is 16.7 Å². The first-order valence-corrected chi connectivity index (χ1v) is 9.84. The number of rotatable bonds is 6. The van der Waals surface area contributed by atoms with Gasteiger partial charge in [-0.05, 0) is 43.7 Å². The van der Waals surface area contributed by atoms with Crippen LogP contribution in [-0.2, 0) is 14.3 Å². The number of carbonyl (C=O) groups excluding carboxylic acids is 2. The molecule has 0 fully saturated rings. The average Bonchev–Trinajstić information content (AvgIpc) is 3.30. The van der Waals surface area contributed by atoms with Crippen molar-refractivity contribution < 1.29 is 19.4 Å². The van der Waals surface area contributed by atoms with Crippen LogP contribution in [-0.4, -0.2) is 63.7 Å². The van der Waals surface area contributed by atoms with E-state index in [0.717, 1.165) is 16.8 Å². The van der Waals surface area contributed by atoms with Crippen molar-refractivity contribution in [1.29, 1.82) is 0 Å². The molecule has 1 aromatic heterocycles. The first-order valence-electron chi connectivity index (χ1n) is 9.84. The second kappa shape index (κ2) is 8.19. The normalized spacial score (nSPS) is 13.9. The highest BCUT2D eigenvalue weighted by molar-refractivity contribution is 6.08. The number of aliphatic hydroxyl groups is 1. The first kappa shape index (κ1) is 20.5. The summed E-state index contributed by atoms with van der Waals surface area (Å²) in [6, 6.07) is 11.5. The van der Waals surface area contributed by atoms with Crippen LogP contribution in [0.15, 0.2) is 47.7 Å². The molecule has 2 aromatic carbocycles. The number of methoxy groups -OCH3 is 1. The minimum atomic E-state index is -0.583. The number of fused-ring (bicyclic) bond motifs is 1. The molecule has 1 aliphatic rings. The van der Waals surface area contributed by atoms with Crippen LogP contribution in [0.1, 0.15) is 11.1 Å². The smallest absolute Gasteiger partial charge is 0.337 e. The number of carbonyl (C=O) groups is 2. The molecule has 0 spiro atoms. The molecule has 0 aliphatic carbocycles. The maximum Gasteiger partial charge on any atom is 0.337 e. The SMILES string of the molecule is COC(=O)C1=C(Nc2cc3nn(-c4ccc(C)cc4)nc3cc2C)C(=O)N(CCO)C1. The summed E-state index contributed by atoms with van der Waals surface area (Å²) in [4.78, 5) is 27.9. The van der Waals surface area contributed by atoms with Crippen LogP contribution in [0.4, 0.5) is 5.69 Å². The van der Waals surface area contributed by atoms with E-state index in [-0.39, 0.29) is 36.9 Å². The quantitative estimate of drug-likeness (QED) is 0.583. The van der Waals surface area contributed by atoms with Crippen molar-refractivity contribution in [3.05, 3.63) is 58.8 Å². The van der Waals surface area contributed by atoms with Crippen molar-refractivity contribution in [2.45, 2.75) is 13.8 Å². The molecule has 0 atom stereocenters. The predicted molar refractivity (Wildman–Crippen MR) is 115 cm³/mol. The van der Waals surface area contributed by atoms with Gasteiger partial charge in [0.2, 0.25) is 0 Å². The predicted octanol–water partition coefficient (Wildman–Crippen LogP) is 1.71. The zero-order valence-electron chi connectivity index (χ0n) is 17.5. The van der Waals surface area contributed by atoms with Crippen LogP contribution in [0.2, 0.25) is 0 Å². The summed E-state index contributed by atoms with van der Waals surface area (Å²) in [5.74, 6) is -0.947. The number of nitrogens with one attached hydrogen (secondary N) is 1. The Morgan fingerprint density at radius 2 is 1.84 bits per heavy atom. The number of amides is 1. The number of anilines is 1. The summed E-state index contributed by atoms with van der Waals surface area (Å²) in [5.41, 5.74) is 5.20. The maximum atomic E-state index is 12.8. The molecule has 2 N–H and O–H groups in total. The monoisotopic (exact) mass is 421 g/mol. The fourth-order valence-electron chi connectivity index (χ4n) is 3.48. The van der Waals surface area contributed by atoms with Crippen molar-refractivity contribution in [2.75, 3.05) is 32.1 Å². The van der Waals surface area contributed by atoms with E-state index in [4.69, 9.17) is 4.74 Å². The lowest BCUT2D eigenvalue weighted by atomic mass is 10.1. The standard InChI is InChI=1S/C22H23N5O4/c1-13-4-6-15(7-5-13)27-24-18-10-14(2)17(11-19(18)25-27)23-20-16(22(30)31-3)12-26(8-9-28)21(20)29/h4-7,10-11,23,28H,8-9,12H2,1-3H3. The third-order valence-electron chi connectivity index (χ3n) is 5.20. The molecule has 0 unspecified atom stereocenters. The van der Waals surface area contributed by atoms with E-state index in [1.807, 2.05) is 44.2 Å². The van der Waals surface area contributed by atoms with Gasteiger partial charge in [-0.15, -0.1) is 10.2 Å². The number of hydrogen-bond donors (Lipinski definition) is 2. The number of β-amino-alcohol motifs (C(OH)–C–C–N with tert-alkyl or cyclic N) is 1. The van der Waals surface area contributed by atoms with Gasteiger partial charge < -0.3 is 20.1 Å². The summed E-state index contributed by atoms with van der Waals surface area (Å²) in [6.45, 7) is 3.92. The summed E-state index contributed by atoms with van der Waals surface area (Å²) >= 11 is 0. The molecule has 0 bridgehead atoms. The van der Waals surface area contributed by atoms with Gasteiger partial charge in [-0.2, -0.15) is 4.80 Å². The average molecular weight is 421 g/mol. The molecule has 4 rings (SSSR count). The van der Waals surface area contributed by atoms with Gasteiger partial charge in [0.15, 0.2) is 0 Å². The number of aromatic nitrogens is 3. The van der Waals surface area contributed by atoms with E-state index in [9.17, 15) is 14.7 Å². The zero-order chi connectivity index (χ0) is 22.1. The number of hydrogen-bond acceptors (Lipinski definition) is 7. The second-order valence-electron chi connectivity index (χ2n) is 7.40. The Bertz CT molecular complexity index is 1200. The molecule has 160 valence electrons. The third-order valence-corrected chi connectivity index (χ3v) is 5.20. The van der Waals surface area contributed by atoms with E-state index in [1.165, 1.54) is 12.0 Å². The minimum absolute atomic E-state index is 0.0826. The fraction of sp³-hybridized carbons (Fsp3) is 0.273. The lowest BCUT2D eigenvalue weighted by molar-refractivity contribution is -0.136. The Morgan fingerprint density at radius 1 is 1.16 bits per heavy atom. The Labute approximate surface area is 178 Å². The van der Waals surface area contributed by atoms with Gasteiger partial charge in [-0.25, -0.2) is 4.79 Å². The Morgan fingerprint density at radius 3 is 2.48 bits per heavy atom. The number of benzene rings is 2. The van der Waals surface area contributed by atoms with Gasteiger partial charge in [0, 0.05) is 12.2 Å². The van der Waals surface area contributed by atoms with E-state index in [2.05, 4.69) is 15.5 Å². The highest BCUT2D eigenvalue weighted by atomic mass is 16.5. The number of nitrogens with zero attached hydrogens (tertiary/aromatic N) is 4. The summed E-state index contributed by atoms with van der Waals surface area (Å²) < 4.78 is 4.83. The topological polar surface area (TPSA) is 110 Å². The highest BCUT2D eigenvalue weighted by Crippen LogP contribution is 2.27. The molecule has 9 nitrogen and oxygen atoms in total. The molecule has 2 heterocycles. The van der Waals surface area contributed by atoms with E-state index < -0.39 is 5.97 Å². The van der Waals surface area contributed by atoms with Crippen LogP contribution in [0, 0.1) is 13.8 Å². The van der Waals surface area contributed by atoms with Crippen molar-refractivity contribution in [3.8, 4) is 5.69 Å². The van der Waals surface area contributed by atoms with Crippen molar-refractivity contribution in [2.24, 2.45) is 0 Å². The minimum Gasteiger partial charge on any atom is -0.466 e. The van der Waals surface area contributed by atoms with Gasteiger partial charge in [0.05, 0.1) is 31.5 Å². The molecule has 1 aliphatic heterocycles. The van der Waals surface area contributed by atoms with Crippen LogP contribution < -0.4 is 5.32 Å². The van der Waals surface area contributed by atoms with Crippen LogP contribution in [0.5, 0.6) is 0 Å². The molecule has 3 aromatic rings. The fourth-order valence-corrected chi connectivity index (χ4v) is 3.48. The van der Waals surface area contributed by atoms with Crippen molar-refractivity contribution in [3.63, 3.8) is 0 Å². The molecule has 9 heteroatoms. The Hall–Kier alpha value is -3.72.